The molecule has 1 fully saturated rings. The van der Waals surface area contributed by atoms with Gasteiger partial charge in [0, 0.05) is 43.0 Å². The zero-order valence-electron chi connectivity index (χ0n) is 19.5. The maximum absolute atomic E-state index is 9.64. The van der Waals surface area contributed by atoms with Crippen molar-refractivity contribution in [1.82, 2.24) is 9.88 Å². The molecule has 2 aliphatic heterocycles. The Morgan fingerprint density at radius 3 is 2.67 bits per heavy atom. The maximum Gasteiger partial charge on any atom is 0.155 e. The highest BCUT2D eigenvalue weighted by molar-refractivity contribution is 6.21. The molecular formula is C28H29N5. The van der Waals surface area contributed by atoms with Gasteiger partial charge in [-0.05, 0) is 52.5 Å². The first-order chi connectivity index (χ1) is 16.0. The van der Waals surface area contributed by atoms with Gasteiger partial charge in [-0.15, -0.1) is 0 Å². The van der Waals surface area contributed by atoms with E-state index in [2.05, 4.69) is 67.1 Å². The number of amidine groups is 1. The van der Waals surface area contributed by atoms with Crippen molar-refractivity contribution < 1.29 is 0 Å². The molecule has 0 spiro atoms. The Morgan fingerprint density at radius 1 is 1.09 bits per heavy atom. The van der Waals surface area contributed by atoms with Crippen LogP contribution in [-0.2, 0) is 13.0 Å². The minimum Gasteiger partial charge on any atom is -0.298 e. The molecular weight excluding hydrogens is 406 g/mol. The first kappa shape index (κ1) is 21.5. The van der Waals surface area contributed by atoms with Crippen molar-refractivity contribution in [3.05, 3.63) is 76.6 Å². The molecule has 5 nitrogen and oxygen atoms in total. The number of rotatable bonds is 6. The van der Waals surface area contributed by atoms with E-state index in [0.29, 0.717) is 12.5 Å². The summed E-state index contributed by atoms with van der Waals surface area (Å²) in [5.41, 5.74) is 6.07. The number of fused-ring (bicyclic) bond motifs is 1. The highest BCUT2D eigenvalue weighted by atomic mass is 15.2. The summed E-state index contributed by atoms with van der Waals surface area (Å²) in [4.78, 5) is 16.5. The monoisotopic (exact) mass is 435 g/mol. The minimum atomic E-state index is 0.511. The summed E-state index contributed by atoms with van der Waals surface area (Å²) in [5.74, 6) is 2.06. The van der Waals surface area contributed by atoms with Gasteiger partial charge >= 0.3 is 0 Å². The number of pyridine rings is 1. The van der Waals surface area contributed by atoms with Gasteiger partial charge in [0.2, 0.25) is 0 Å². The molecule has 5 rings (SSSR count). The topological polar surface area (TPSA) is 64.6 Å². The molecule has 2 aliphatic rings. The van der Waals surface area contributed by atoms with Crippen molar-refractivity contribution in [2.45, 2.75) is 33.7 Å². The molecule has 3 heterocycles. The molecule has 0 unspecified atom stereocenters. The smallest absolute Gasteiger partial charge is 0.155 e. The zero-order chi connectivity index (χ0) is 22.9. The van der Waals surface area contributed by atoms with Crippen LogP contribution in [-0.4, -0.2) is 41.1 Å². The molecule has 0 aliphatic carbocycles. The van der Waals surface area contributed by atoms with Gasteiger partial charge in [-0.2, -0.15) is 5.26 Å². The van der Waals surface area contributed by atoms with Gasteiger partial charge in [0.25, 0.3) is 0 Å². The maximum atomic E-state index is 9.64. The zero-order valence-corrected chi connectivity index (χ0v) is 19.5. The second kappa shape index (κ2) is 8.88. The van der Waals surface area contributed by atoms with Crippen LogP contribution in [0.25, 0.3) is 10.8 Å². The molecule has 5 heteroatoms. The van der Waals surface area contributed by atoms with Crippen molar-refractivity contribution >= 4 is 22.3 Å². The lowest BCUT2D eigenvalue weighted by molar-refractivity contribution is 0.105. The molecule has 3 aromatic rings. The summed E-state index contributed by atoms with van der Waals surface area (Å²) in [6.45, 7) is 10.4. The molecule has 2 aromatic carbocycles. The third-order valence-corrected chi connectivity index (χ3v) is 6.49. The number of benzene rings is 2. The highest BCUT2D eigenvalue weighted by Crippen LogP contribution is 2.28. The van der Waals surface area contributed by atoms with Crippen LogP contribution in [0.1, 0.15) is 48.6 Å². The largest absolute Gasteiger partial charge is 0.298 e. The number of hydrogen-bond donors (Lipinski definition) is 0. The van der Waals surface area contributed by atoms with Gasteiger partial charge in [0.15, 0.2) is 5.84 Å². The molecule has 0 atom stereocenters. The summed E-state index contributed by atoms with van der Waals surface area (Å²) in [5, 5.41) is 12.0. The minimum absolute atomic E-state index is 0.511. The average Bonchev–Trinajstić information content (AvgIpc) is 3.28. The molecule has 0 saturated carbocycles. The van der Waals surface area contributed by atoms with Gasteiger partial charge in [-0.3, -0.25) is 14.9 Å². The highest BCUT2D eigenvalue weighted by Gasteiger charge is 2.24. The van der Waals surface area contributed by atoms with E-state index in [1.165, 1.54) is 10.9 Å². The summed E-state index contributed by atoms with van der Waals surface area (Å²) in [7, 11) is 0. The molecule has 0 N–H and O–H groups in total. The van der Waals surface area contributed by atoms with Crippen LogP contribution >= 0.6 is 0 Å². The van der Waals surface area contributed by atoms with Crippen LogP contribution in [0, 0.1) is 23.2 Å². The van der Waals surface area contributed by atoms with Crippen molar-refractivity contribution in [1.29, 1.82) is 5.26 Å². The molecule has 1 aromatic heterocycles. The molecule has 0 amide bonds. The Hall–Kier alpha value is -3.36. The number of nitrogens with zero attached hydrogens (tertiary/aromatic N) is 5. The Morgan fingerprint density at radius 2 is 1.91 bits per heavy atom. The first-order valence-corrected chi connectivity index (χ1v) is 11.8. The number of aliphatic imine (C=N–C) groups is 2. The fourth-order valence-electron chi connectivity index (χ4n) is 4.91. The quantitative estimate of drug-likeness (QED) is 0.547. The third-order valence-electron chi connectivity index (χ3n) is 6.49. The SMILES string of the molecule is CC(C)Cc1ccc(C2=NC(c3ccc(CN4CC(C)C4)c4cnccc34)=NC2)cc1C#N. The van der Waals surface area contributed by atoms with E-state index in [0.717, 1.165) is 71.2 Å². The van der Waals surface area contributed by atoms with Crippen molar-refractivity contribution in [3.8, 4) is 6.07 Å². The number of likely N-dealkylation sites (tertiary alicyclic amines) is 1. The second-order valence-electron chi connectivity index (χ2n) is 9.77. The Kier molecular flexibility index (Phi) is 5.78. The fraction of sp³-hybridized carbons (Fsp3) is 0.357. The van der Waals surface area contributed by atoms with Crippen LogP contribution in [0.5, 0.6) is 0 Å². The van der Waals surface area contributed by atoms with E-state index < -0.39 is 0 Å². The van der Waals surface area contributed by atoms with Crippen molar-refractivity contribution in [3.63, 3.8) is 0 Å². The normalized spacial score (nSPS) is 16.6. The van der Waals surface area contributed by atoms with E-state index in [4.69, 9.17) is 9.98 Å². The van der Waals surface area contributed by atoms with E-state index in [-0.39, 0.29) is 0 Å². The lowest BCUT2D eigenvalue weighted by Gasteiger charge is -2.37. The summed E-state index contributed by atoms with van der Waals surface area (Å²) in [6, 6.07) is 14.9. The van der Waals surface area contributed by atoms with Crippen LogP contribution in [0.4, 0.5) is 0 Å². The van der Waals surface area contributed by atoms with Crippen LogP contribution in [0.3, 0.4) is 0 Å². The van der Waals surface area contributed by atoms with E-state index in [1.807, 2.05) is 18.5 Å². The van der Waals surface area contributed by atoms with E-state index in [1.54, 1.807) is 0 Å². The first-order valence-electron chi connectivity index (χ1n) is 11.8. The molecule has 1 saturated heterocycles. The Labute approximate surface area is 195 Å². The van der Waals surface area contributed by atoms with Gasteiger partial charge in [0.1, 0.15) is 0 Å². The predicted molar refractivity (Wildman–Crippen MR) is 134 cm³/mol. The Balaban J connectivity index is 1.45. The average molecular weight is 436 g/mol. The van der Waals surface area contributed by atoms with Crippen LogP contribution < -0.4 is 0 Å². The van der Waals surface area contributed by atoms with Crippen LogP contribution in [0.2, 0.25) is 0 Å². The van der Waals surface area contributed by atoms with E-state index in [9.17, 15) is 5.26 Å². The fourth-order valence-corrected chi connectivity index (χ4v) is 4.91. The second-order valence-corrected chi connectivity index (χ2v) is 9.77. The van der Waals surface area contributed by atoms with E-state index >= 15 is 0 Å². The third kappa shape index (κ3) is 4.31. The van der Waals surface area contributed by atoms with Crippen molar-refractivity contribution in [2.24, 2.45) is 21.8 Å². The lowest BCUT2D eigenvalue weighted by atomic mass is 9.95. The number of nitriles is 1. The Bertz CT molecular complexity index is 1310. The van der Waals surface area contributed by atoms with Crippen LogP contribution in [0.15, 0.2) is 58.8 Å². The molecule has 166 valence electrons. The van der Waals surface area contributed by atoms with Gasteiger partial charge in [-0.1, -0.05) is 45.0 Å². The van der Waals surface area contributed by atoms with Gasteiger partial charge < -0.3 is 0 Å². The predicted octanol–water partition coefficient (Wildman–Crippen LogP) is 5.01. The molecule has 33 heavy (non-hydrogen) atoms. The lowest BCUT2D eigenvalue weighted by Crippen LogP contribution is -2.44. The van der Waals surface area contributed by atoms with Gasteiger partial charge in [-0.25, -0.2) is 4.99 Å². The molecule has 0 radical (unpaired) electrons. The number of aromatic nitrogens is 1. The summed E-state index contributed by atoms with van der Waals surface area (Å²) < 4.78 is 0. The molecule has 0 bridgehead atoms. The standard InChI is InChI=1S/C28H29N5/c1-18(2)10-20-4-5-21(11-23(20)12-29)27-14-31-28(32-27)25-7-6-22(17-33-15-19(3)16-33)26-13-30-9-8-24(25)26/h4-9,11,13,18-19H,10,14-17H2,1-3H3. The summed E-state index contributed by atoms with van der Waals surface area (Å²) in [6.07, 6.45) is 4.71. The van der Waals surface area contributed by atoms with Crippen molar-refractivity contribution in [2.75, 3.05) is 19.6 Å². The number of hydrogen-bond acceptors (Lipinski definition) is 5. The van der Waals surface area contributed by atoms with Gasteiger partial charge in [0.05, 0.1) is 23.9 Å². The summed E-state index contributed by atoms with van der Waals surface area (Å²) >= 11 is 0.